The minimum Gasteiger partial charge on any atom is -0.383 e. The maximum Gasteiger partial charge on any atom is 0.433 e. The zero-order valence-electron chi connectivity index (χ0n) is 10.4. The molecule has 0 aromatic carbocycles. The Morgan fingerprint density at radius 2 is 2.10 bits per heavy atom. The van der Waals surface area contributed by atoms with E-state index in [2.05, 4.69) is 10.1 Å². The van der Waals surface area contributed by atoms with Gasteiger partial charge in [0.05, 0.1) is 6.20 Å². The van der Waals surface area contributed by atoms with Crippen LogP contribution < -0.4 is 0 Å². The highest BCUT2D eigenvalue weighted by atomic mass is 35.5. The lowest BCUT2D eigenvalue weighted by atomic mass is 10.1. The minimum absolute atomic E-state index is 0.107. The number of aryl methyl sites for hydroxylation is 1. The van der Waals surface area contributed by atoms with Gasteiger partial charge in [-0.05, 0) is 13.0 Å². The molecule has 0 spiro atoms. The Labute approximate surface area is 117 Å². The summed E-state index contributed by atoms with van der Waals surface area (Å²) < 4.78 is 39.0. The number of hydrogen-bond acceptors (Lipinski definition) is 3. The van der Waals surface area contributed by atoms with Crippen LogP contribution in [0.25, 0.3) is 0 Å². The third-order valence-electron chi connectivity index (χ3n) is 2.76. The van der Waals surface area contributed by atoms with Gasteiger partial charge in [0, 0.05) is 23.9 Å². The van der Waals surface area contributed by atoms with Crippen LogP contribution in [-0.2, 0) is 12.7 Å². The molecule has 4 nitrogen and oxygen atoms in total. The van der Waals surface area contributed by atoms with Gasteiger partial charge < -0.3 is 5.11 Å². The molecule has 2 rings (SSSR count). The van der Waals surface area contributed by atoms with E-state index >= 15 is 0 Å². The molecule has 0 saturated heterocycles. The second-order valence-electron chi connectivity index (χ2n) is 4.11. The van der Waals surface area contributed by atoms with Crippen LogP contribution in [0.1, 0.15) is 29.8 Å². The van der Waals surface area contributed by atoms with Gasteiger partial charge in [-0.15, -0.1) is 0 Å². The Kier molecular flexibility index (Phi) is 4.01. The van der Waals surface area contributed by atoms with Crippen LogP contribution in [-0.4, -0.2) is 19.9 Å². The molecular weight excluding hydrogens is 295 g/mol. The highest BCUT2D eigenvalue weighted by Gasteiger charge is 2.33. The Hall–Kier alpha value is -1.60. The Balaban J connectivity index is 2.33. The lowest BCUT2D eigenvalue weighted by molar-refractivity contribution is -0.141. The quantitative estimate of drug-likeness (QED) is 0.887. The third-order valence-corrected chi connectivity index (χ3v) is 3.06. The van der Waals surface area contributed by atoms with Crippen molar-refractivity contribution < 1.29 is 18.3 Å². The molecule has 2 aromatic rings. The molecule has 0 saturated carbocycles. The summed E-state index contributed by atoms with van der Waals surface area (Å²) in [7, 11) is 0. The van der Waals surface area contributed by atoms with Crippen LogP contribution in [0.4, 0.5) is 13.2 Å². The zero-order valence-corrected chi connectivity index (χ0v) is 11.2. The van der Waals surface area contributed by atoms with Gasteiger partial charge in [-0.1, -0.05) is 17.7 Å². The van der Waals surface area contributed by atoms with Gasteiger partial charge in [0.2, 0.25) is 0 Å². The average Bonchev–Trinajstić information content (AvgIpc) is 2.85. The van der Waals surface area contributed by atoms with Crippen molar-refractivity contribution in [2.75, 3.05) is 0 Å². The molecule has 0 aliphatic carbocycles. The molecule has 8 heteroatoms. The summed E-state index contributed by atoms with van der Waals surface area (Å²) in [4.78, 5) is 3.27. The van der Waals surface area contributed by atoms with Crippen LogP contribution in [0, 0.1) is 0 Å². The molecule has 1 atom stereocenters. The Morgan fingerprint density at radius 1 is 1.40 bits per heavy atom. The maximum atomic E-state index is 12.5. The fourth-order valence-electron chi connectivity index (χ4n) is 1.68. The zero-order chi connectivity index (χ0) is 14.9. The number of aliphatic hydroxyl groups is 1. The van der Waals surface area contributed by atoms with Crippen molar-refractivity contribution in [1.29, 1.82) is 0 Å². The summed E-state index contributed by atoms with van der Waals surface area (Å²) in [6.45, 7) is 2.49. The Bertz CT molecular complexity index is 612. The van der Waals surface area contributed by atoms with E-state index in [-0.39, 0.29) is 10.7 Å². The normalized spacial score (nSPS) is 13.5. The van der Waals surface area contributed by atoms with Gasteiger partial charge in [0.15, 0.2) is 0 Å². The van der Waals surface area contributed by atoms with Gasteiger partial charge in [-0.2, -0.15) is 18.3 Å². The smallest absolute Gasteiger partial charge is 0.383 e. The molecule has 0 radical (unpaired) electrons. The fraction of sp³-hybridized carbons (Fsp3) is 0.333. The molecule has 0 aliphatic rings. The van der Waals surface area contributed by atoms with Gasteiger partial charge in [0.25, 0.3) is 0 Å². The molecular formula is C12H11ClF3N3O. The van der Waals surface area contributed by atoms with Crippen molar-refractivity contribution in [3.8, 4) is 0 Å². The third kappa shape index (κ3) is 2.94. The summed E-state index contributed by atoms with van der Waals surface area (Å²) >= 11 is 5.72. The van der Waals surface area contributed by atoms with Crippen molar-refractivity contribution in [2.24, 2.45) is 0 Å². The predicted molar refractivity (Wildman–Crippen MR) is 66.2 cm³/mol. The fourth-order valence-corrected chi connectivity index (χ4v) is 1.94. The van der Waals surface area contributed by atoms with E-state index in [1.807, 2.05) is 6.92 Å². The summed E-state index contributed by atoms with van der Waals surface area (Å²) in [5.41, 5.74) is -0.548. The SMILES string of the molecule is CCn1cc(C(O)c2ccc(C(F)(F)F)nc2Cl)cn1. The maximum absolute atomic E-state index is 12.5. The van der Waals surface area contributed by atoms with Gasteiger partial charge in [-0.3, -0.25) is 4.68 Å². The van der Waals surface area contributed by atoms with Crippen molar-refractivity contribution >= 4 is 11.6 Å². The van der Waals surface area contributed by atoms with E-state index in [0.717, 1.165) is 12.1 Å². The van der Waals surface area contributed by atoms with E-state index in [0.29, 0.717) is 12.1 Å². The molecule has 0 amide bonds. The number of alkyl halides is 3. The van der Waals surface area contributed by atoms with E-state index in [1.54, 1.807) is 10.9 Å². The second-order valence-corrected chi connectivity index (χ2v) is 4.46. The van der Waals surface area contributed by atoms with Crippen LogP contribution >= 0.6 is 11.6 Å². The van der Waals surface area contributed by atoms with Crippen LogP contribution in [0.2, 0.25) is 5.15 Å². The van der Waals surface area contributed by atoms with Crippen LogP contribution in [0.3, 0.4) is 0 Å². The monoisotopic (exact) mass is 305 g/mol. The Morgan fingerprint density at radius 3 is 2.60 bits per heavy atom. The van der Waals surface area contributed by atoms with E-state index in [4.69, 9.17) is 11.6 Å². The first kappa shape index (κ1) is 14.8. The van der Waals surface area contributed by atoms with Crippen molar-refractivity contribution in [1.82, 2.24) is 14.8 Å². The molecule has 1 N–H and O–H groups in total. The minimum atomic E-state index is -4.57. The van der Waals surface area contributed by atoms with Crippen molar-refractivity contribution in [3.63, 3.8) is 0 Å². The molecule has 108 valence electrons. The topological polar surface area (TPSA) is 50.9 Å². The molecule has 0 aliphatic heterocycles. The molecule has 0 fully saturated rings. The van der Waals surface area contributed by atoms with Crippen LogP contribution in [0.5, 0.6) is 0 Å². The average molecular weight is 306 g/mol. The van der Waals surface area contributed by atoms with Crippen molar-refractivity contribution in [2.45, 2.75) is 25.7 Å². The first-order chi connectivity index (χ1) is 9.32. The van der Waals surface area contributed by atoms with Crippen molar-refractivity contribution in [3.05, 3.63) is 46.5 Å². The van der Waals surface area contributed by atoms with Crippen LogP contribution in [0.15, 0.2) is 24.5 Å². The molecule has 20 heavy (non-hydrogen) atoms. The second kappa shape index (κ2) is 5.41. The first-order valence-corrected chi connectivity index (χ1v) is 6.14. The number of aliphatic hydroxyl groups excluding tert-OH is 1. The number of hydrogen-bond donors (Lipinski definition) is 1. The first-order valence-electron chi connectivity index (χ1n) is 5.77. The molecule has 2 aromatic heterocycles. The van der Waals surface area contributed by atoms with E-state index in [9.17, 15) is 18.3 Å². The number of pyridine rings is 1. The standard InChI is InChI=1S/C12H11ClF3N3O/c1-2-19-6-7(5-17-19)10(20)8-3-4-9(12(14,15)16)18-11(8)13/h3-6,10,20H,2H2,1H3. The predicted octanol–water partition coefficient (Wildman–Crippen LogP) is 3.05. The van der Waals surface area contributed by atoms with Gasteiger partial charge in [0.1, 0.15) is 17.0 Å². The van der Waals surface area contributed by atoms with E-state index in [1.165, 1.54) is 6.20 Å². The molecule has 2 heterocycles. The molecule has 0 bridgehead atoms. The van der Waals surface area contributed by atoms with Gasteiger partial charge in [-0.25, -0.2) is 4.98 Å². The summed E-state index contributed by atoms with van der Waals surface area (Å²) in [6.07, 6.45) is -2.71. The highest BCUT2D eigenvalue weighted by molar-refractivity contribution is 6.30. The lowest BCUT2D eigenvalue weighted by Gasteiger charge is -2.12. The summed E-state index contributed by atoms with van der Waals surface area (Å²) in [5.74, 6) is 0. The number of halogens is 4. The largest absolute Gasteiger partial charge is 0.433 e. The summed E-state index contributed by atoms with van der Waals surface area (Å²) in [5, 5.41) is 13.7. The summed E-state index contributed by atoms with van der Waals surface area (Å²) in [6, 6.07) is 1.90. The van der Waals surface area contributed by atoms with Gasteiger partial charge >= 0.3 is 6.18 Å². The number of rotatable bonds is 3. The molecule has 1 unspecified atom stereocenters. The number of aromatic nitrogens is 3. The van der Waals surface area contributed by atoms with E-state index < -0.39 is 18.0 Å². The lowest BCUT2D eigenvalue weighted by Crippen LogP contribution is -2.10. The number of nitrogens with zero attached hydrogens (tertiary/aromatic N) is 3. The highest BCUT2D eigenvalue weighted by Crippen LogP contribution is 2.32.